The highest BCUT2D eigenvalue weighted by atomic mass is 19.4. The van der Waals surface area contributed by atoms with Crippen molar-refractivity contribution in [1.82, 2.24) is 5.32 Å². The molecule has 0 saturated heterocycles. The lowest BCUT2D eigenvalue weighted by Crippen LogP contribution is -2.19. The van der Waals surface area contributed by atoms with Crippen LogP contribution in [0.1, 0.15) is 18.1 Å². The van der Waals surface area contributed by atoms with Crippen LogP contribution in [0.15, 0.2) is 24.3 Å². The van der Waals surface area contributed by atoms with Crippen molar-refractivity contribution in [3.05, 3.63) is 41.2 Å². The van der Waals surface area contributed by atoms with Crippen molar-refractivity contribution in [1.29, 1.82) is 0 Å². The van der Waals surface area contributed by atoms with Crippen molar-refractivity contribution < 1.29 is 22.4 Å². The van der Waals surface area contributed by atoms with E-state index in [1.54, 1.807) is 0 Å². The first-order valence-electron chi connectivity index (χ1n) is 5.08. The van der Waals surface area contributed by atoms with Gasteiger partial charge in [-0.25, -0.2) is 4.39 Å². The molecule has 1 amide bonds. The fourth-order valence-corrected chi connectivity index (χ4v) is 1.31. The molecule has 18 heavy (non-hydrogen) atoms. The van der Waals surface area contributed by atoms with Crippen molar-refractivity contribution in [3.8, 4) is 0 Å². The van der Waals surface area contributed by atoms with Crippen LogP contribution in [0.3, 0.4) is 0 Å². The third kappa shape index (κ3) is 4.20. The first-order chi connectivity index (χ1) is 8.30. The van der Waals surface area contributed by atoms with Crippen molar-refractivity contribution in [3.63, 3.8) is 0 Å². The molecular formula is C12H11F4NO. The minimum absolute atomic E-state index is 0.115. The lowest BCUT2D eigenvalue weighted by Gasteiger charge is -2.10. The van der Waals surface area contributed by atoms with Crippen LogP contribution in [0, 0.1) is 5.82 Å². The molecule has 0 aromatic heterocycles. The summed E-state index contributed by atoms with van der Waals surface area (Å²) in [5, 5.41) is 2.40. The van der Waals surface area contributed by atoms with Crippen LogP contribution in [-0.4, -0.2) is 12.5 Å². The summed E-state index contributed by atoms with van der Waals surface area (Å²) in [6, 6.07) is 2.44. The van der Waals surface area contributed by atoms with Crippen LogP contribution >= 0.6 is 0 Å². The minimum atomic E-state index is -4.62. The summed E-state index contributed by atoms with van der Waals surface area (Å²) in [6.45, 7) is 1.41. The smallest absolute Gasteiger partial charge is 0.353 e. The molecule has 0 aliphatic heterocycles. The van der Waals surface area contributed by atoms with Crippen LogP contribution in [0.25, 0.3) is 6.08 Å². The third-order valence-corrected chi connectivity index (χ3v) is 2.09. The predicted octanol–water partition coefficient (Wildman–Crippen LogP) is 2.99. The predicted molar refractivity (Wildman–Crippen MR) is 59.1 cm³/mol. The highest BCUT2D eigenvalue weighted by molar-refractivity contribution is 5.73. The molecule has 1 aromatic rings. The fraction of sp³-hybridized carbons (Fsp3) is 0.250. The molecule has 1 N–H and O–H groups in total. The molecule has 2 nitrogen and oxygen atoms in total. The summed E-state index contributed by atoms with van der Waals surface area (Å²) in [5.41, 5.74) is -1.18. The zero-order chi connectivity index (χ0) is 13.8. The second kappa shape index (κ2) is 5.66. The lowest BCUT2D eigenvalue weighted by molar-refractivity contribution is -0.137. The van der Waals surface area contributed by atoms with Gasteiger partial charge in [0.25, 0.3) is 0 Å². The molecule has 0 bridgehead atoms. The summed E-state index contributed by atoms with van der Waals surface area (Å²) in [4.78, 5) is 10.6. The second-order valence-electron chi connectivity index (χ2n) is 3.57. The summed E-state index contributed by atoms with van der Waals surface area (Å²) >= 11 is 0. The molecule has 0 spiro atoms. The molecule has 1 aromatic carbocycles. The number of halogens is 4. The molecule has 6 heteroatoms. The van der Waals surface area contributed by atoms with E-state index in [9.17, 15) is 22.4 Å². The van der Waals surface area contributed by atoms with Gasteiger partial charge in [0.1, 0.15) is 5.82 Å². The molecule has 98 valence electrons. The molecule has 0 fully saturated rings. The highest BCUT2D eigenvalue weighted by Gasteiger charge is 2.33. The van der Waals surface area contributed by atoms with Crippen molar-refractivity contribution >= 4 is 12.0 Å². The standard InChI is InChI=1S/C12H11F4NO/c1-8(18)17-6-2-3-9-4-5-10(13)7-11(9)12(14,15)16/h2-5,7H,6H2,1H3,(H,17,18). The molecule has 0 heterocycles. The number of rotatable bonds is 3. The van der Waals surface area contributed by atoms with Crippen LogP contribution in [0.4, 0.5) is 17.6 Å². The van der Waals surface area contributed by atoms with Crippen molar-refractivity contribution in [2.75, 3.05) is 6.54 Å². The van der Waals surface area contributed by atoms with Crippen molar-refractivity contribution in [2.24, 2.45) is 0 Å². The first kappa shape index (κ1) is 14.2. The Bertz CT molecular complexity index is 466. The average Bonchev–Trinajstić information content (AvgIpc) is 2.24. The van der Waals surface area contributed by atoms with Gasteiger partial charge in [-0.15, -0.1) is 0 Å². The number of carbonyl (C=O) groups is 1. The van der Waals surface area contributed by atoms with Gasteiger partial charge in [-0.1, -0.05) is 18.2 Å². The summed E-state index contributed by atoms with van der Waals surface area (Å²) in [6.07, 6.45) is -2.06. The Labute approximate surface area is 101 Å². The van der Waals surface area contributed by atoms with E-state index in [0.717, 1.165) is 12.1 Å². The summed E-state index contributed by atoms with van der Waals surface area (Å²) in [5.74, 6) is -1.23. The molecule has 0 unspecified atom stereocenters. The maximum absolute atomic E-state index is 12.8. The van der Waals surface area contributed by atoms with E-state index in [2.05, 4.69) is 5.32 Å². The zero-order valence-corrected chi connectivity index (χ0v) is 9.51. The van der Waals surface area contributed by atoms with E-state index < -0.39 is 17.6 Å². The van der Waals surface area contributed by atoms with Gasteiger partial charge < -0.3 is 5.32 Å². The number of alkyl halides is 3. The van der Waals surface area contributed by atoms with Gasteiger partial charge in [0.05, 0.1) is 5.56 Å². The Kier molecular flexibility index (Phi) is 4.47. The van der Waals surface area contributed by atoms with E-state index in [1.807, 2.05) is 0 Å². The number of hydrogen-bond acceptors (Lipinski definition) is 1. The topological polar surface area (TPSA) is 29.1 Å². The Balaban J connectivity index is 2.92. The number of benzene rings is 1. The maximum Gasteiger partial charge on any atom is 0.417 e. The molecule has 0 saturated carbocycles. The van der Waals surface area contributed by atoms with E-state index in [-0.39, 0.29) is 18.0 Å². The van der Waals surface area contributed by atoms with E-state index in [1.165, 1.54) is 19.1 Å². The largest absolute Gasteiger partial charge is 0.417 e. The van der Waals surface area contributed by atoms with Gasteiger partial charge in [-0.3, -0.25) is 4.79 Å². The number of hydrogen-bond donors (Lipinski definition) is 1. The SMILES string of the molecule is CC(=O)NCC=Cc1ccc(F)cc1C(F)(F)F. The Morgan fingerprint density at radius 3 is 2.61 bits per heavy atom. The minimum Gasteiger partial charge on any atom is -0.353 e. The molecule has 0 aliphatic carbocycles. The lowest BCUT2D eigenvalue weighted by atomic mass is 10.1. The van der Waals surface area contributed by atoms with Gasteiger partial charge in [0, 0.05) is 13.5 Å². The van der Waals surface area contributed by atoms with E-state index >= 15 is 0 Å². The van der Waals surface area contributed by atoms with Crippen LogP contribution < -0.4 is 5.32 Å². The van der Waals surface area contributed by atoms with Crippen LogP contribution in [0.5, 0.6) is 0 Å². The summed E-state index contributed by atoms with van der Waals surface area (Å²) < 4.78 is 50.6. The summed E-state index contributed by atoms with van der Waals surface area (Å²) in [7, 11) is 0. The molecule has 0 atom stereocenters. The molecule has 1 rings (SSSR count). The molecule has 0 radical (unpaired) electrons. The van der Waals surface area contributed by atoms with E-state index in [4.69, 9.17) is 0 Å². The zero-order valence-electron chi connectivity index (χ0n) is 9.51. The van der Waals surface area contributed by atoms with Gasteiger partial charge in [0.2, 0.25) is 5.91 Å². The van der Waals surface area contributed by atoms with Crippen LogP contribution in [0.2, 0.25) is 0 Å². The average molecular weight is 261 g/mol. The Hall–Kier alpha value is -1.85. The highest BCUT2D eigenvalue weighted by Crippen LogP contribution is 2.33. The molecular weight excluding hydrogens is 250 g/mol. The monoisotopic (exact) mass is 261 g/mol. The van der Waals surface area contributed by atoms with Gasteiger partial charge in [-0.2, -0.15) is 13.2 Å². The van der Waals surface area contributed by atoms with Crippen molar-refractivity contribution in [2.45, 2.75) is 13.1 Å². The van der Waals surface area contributed by atoms with E-state index in [0.29, 0.717) is 6.07 Å². The number of carbonyl (C=O) groups excluding carboxylic acids is 1. The number of nitrogens with one attached hydrogen (secondary N) is 1. The van der Waals surface area contributed by atoms with Gasteiger partial charge in [0.15, 0.2) is 0 Å². The normalized spacial score (nSPS) is 11.8. The fourth-order valence-electron chi connectivity index (χ4n) is 1.31. The van der Waals surface area contributed by atoms with Crippen LogP contribution in [-0.2, 0) is 11.0 Å². The van der Waals surface area contributed by atoms with Gasteiger partial charge >= 0.3 is 6.18 Å². The Morgan fingerprint density at radius 2 is 2.06 bits per heavy atom. The number of amides is 1. The Morgan fingerprint density at radius 1 is 1.39 bits per heavy atom. The maximum atomic E-state index is 12.8. The third-order valence-electron chi connectivity index (χ3n) is 2.09. The first-order valence-corrected chi connectivity index (χ1v) is 5.08. The molecule has 0 aliphatic rings. The second-order valence-corrected chi connectivity index (χ2v) is 3.57. The van der Waals surface area contributed by atoms with Gasteiger partial charge in [-0.05, 0) is 17.7 Å². The quantitative estimate of drug-likeness (QED) is 0.833.